The highest BCUT2D eigenvalue weighted by molar-refractivity contribution is 6.00. The van der Waals surface area contributed by atoms with Crippen LogP contribution in [-0.4, -0.2) is 92.4 Å². The Labute approximate surface area is 254 Å². The van der Waals surface area contributed by atoms with Crippen LogP contribution in [0.25, 0.3) is 0 Å². The number of aliphatic hydroxyl groups is 1. The lowest BCUT2D eigenvalue weighted by molar-refractivity contribution is -0.284. The lowest BCUT2D eigenvalue weighted by Gasteiger charge is -2.69. The van der Waals surface area contributed by atoms with E-state index in [-0.39, 0.29) is 64.6 Å². The van der Waals surface area contributed by atoms with Gasteiger partial charge < -0.3 is 29.4 Å². The molecule has 43 heavy (non-hydrogen) atoms. The van der Waals surface area contributed by atoms with Gasteiger partial charge in [-0.1, -0.05) is 19.1 Å². The molecule has 1 aliphatic heterocycles. The molecule has 1 spiro atoms. The Hall–Kier alpha value is -2.04. The van der Waals surface area contributed by atoms with E-state index in [9.17, 15) is 14.7 Å². The van der Waals surface area contributed by atoms with Crippen molar-refractivity contribution in [3.63, 3.8) is 0 Å². The van der Waals surface area contributed by atoms with Crippen molar-refractivity contribution in [1.29, 1.82) is 0 Å². The summed E-state index contributed by atoms with van der Waals surface area (Å²) in [4.78, 5) is 28.1. The average molecular weight is 597 g/mol. The van der Waals surface area contributed by atoms with Crippen molar-refractivity contribution in [2.24, 2.45) is 40.4 Å². The lowest BCUT2D eigenvalue weighted by Crippen LogP contribution is -2.76. The van der Waals surface area contributed by atoms with Gasteiger partial charge in [-0.25, -0.2) is 4.79 Å². The number of fused-ring (bicyclic) bond motifs is 2. The predicted molar refractivity (Wildman–Crippen MR) is 159 cm³/mol. The number of carbonyl (C=O) groups excluding carboxylic acids is 2. The highest BCUT2D eigenvalue weighted by Gasteiger charge is 2.84. The van der Waals surface area contributed by atoms with E-state index in [1.54, 1.807) is 31.4 Å². The van der Waals surface area contributed by atoms with Crippen LogP contribution in [-0.2, 0) is 23.7 Å². The van der Waals surface area contributed by atoms with Gasteiger partial charge in [0, 0.05) is 75.3 Å². The number of hydrogen-bond donors (Lipinski definition) is 2. The largest absolute Gasteiger partial charge is 0.461 e. The first-order valence-electron chi connectivity index (χ1n) is 16.4. The third kappa shape index (κ3) is 3.81. The number of benzene rings is 1. The van der Waals surface area contributed by atoms with E-state index in [1.807, 2.05) is 7.11 Å². The van der Waals surface area contributed by atoms with Crippen LogP contribution in [0.3, 0.4) is 0 Å². The Kier molecular flexibility index (Phi) is 7.25. The molecule has 7 rings (SSSR count). The molecular weight excluding hydrogens is 548 g/mol. The number of esters is 1. The molecule has 7 bridgehead atoms. The summed E-state index contributed by atoms with van der Waals surface area (Å²) >= 11 is 0. The molecule has 1 heterocycles. The van der Waals surface area contributed by atoms with E-state index in [2.05, 4.69) is 24.1 Å². The number of para-hydroxylation sites is 1. The number of carbonyl (C=O) groups is 2. The maximum Gasteiger partial charge on any atom is 0.340 e. The normalized spacial score (nSPS) is 45.6. The third-order valence-corrected chi connectivity index (χ3v) is 13.1. The highest BCUT2D eigenvalue weighted by Crippen LogP contribution is 2.79. The molecule has 0 aromatic heterocycles. The second-order valence-corrected chi connectivity index (χ2v) is 14.2. The Morgan fingerprint density at radius 2 is 1.91 bits per heavy atom. The fourth-order valence-electron chi connectivity index (χ4n) is 12.1. The van der Waals surface area contributed by atoms with Crippen molar-refractivity contribution in [1.82, 2.24) is 4.90 Å². The fourth-order valence-corrected chi connectivity index (χ4v) is 12.1. The summed E-state index contributed by atoms with van der Waals surface area (Å²) in [6.45, 7) is 8.46. The number of ether oxygens (including phenoxy) is 4. The number of aliphatic hydroxyl groups excluding tert-OH is 1. The molecule has 5 aliphatic carbocycles. The molecule has 1 amide bonds. The number of likely N-dealkylation sites (tertiary alicyclic amines) is 1. The summed E-state index contributed by atoms with van der Waals surface area (Å²) in [6, 6.07) is 7.33. The quantitative estimate of drug-likeness (QED) is 0.416. The molecule has 236 valence electrons. The van der Waals surface area contributed by atoms with Gasteiger partial charge in [0.2, 0.25) is 5.91 Å². The molecule has 5 saturated carbocycles. The van der Waals surface area contributed by atoms with E-state index in [0.717, 1.165) is 45.2 Å². The molecule has 6 aliphatic rings. The topological polar surface area (TPSA) is 107 Å². The Balaban J connectivity index is 1.30. The zero-order chi connectivity index (χ0) is 30.3. The van der Waals surface area contributed by atoms with Gasteiger partial charge in [-0.2, -0.15) is 0 Å². The zero-order valence-electron chi connectivity index (χ0n) is 26.2. The van der Waals surface area contributed by atoms with Crippen molar-refractivity contribution in [2.75, 3.05) is 45.8 Å². The van der Waals surface area contributed by atoms with Crippen LogP contribution >= 0.6 is 0 Å². The second-order valence-electron chi connectivity index (χ2n) is 14.2. The number of nitrogens with one attached hydrogen (secondary N) is 1. The minimum absolute atomic E-state index is 0.0209. The minimum Gasteiger partial charge on any atom is -0.461 e. The number of rotatable bonds is 9. The van der Waals surface area contributed by atoms with Crippen LogP contribution in [0, 0.1) is 40.4 Å². The van der Waals surface area contributed by atoms with Crippen molar-refractivity contribution in [2.45, 2.75) is 82.8 Å². The van der Waals surface area contributed by atoms with Gasteiger partial charge in [0.1, 0.15) is 0 Å². The Bertz CT molecular complexity index is 1270. The van der Waals surface area contributed by atoms with Gasteiger partial charge in [-0.15, -0.1) is 0 Å². The Morgan fingerprint density at radius 1 is 1.12 bits per heavy atom. The summed E-state index contributed by atoms with van der Waals surface area (Å²) in [6.07, 6.45) is 4.13. The number of nitrogens with zero attached hydrogens (tertiary/aromatic N) is 1. The van der Waals surface area contributed by atoms with Crippen molar-refractivity contribution < 1.29 is 33.6 Å². The number of piperidine rings is 1. The molecular formula is C34H48N2O7. The number of anilines is 1. The maximum atomic E-state index is 13.6. The molecule has 1 aromatic rings. The summed E-state index contributed by atoms with van der Waals surface area (Å²) in [5.41, 5.74) is 0.00610. The summed E-state index contributed by atoms with van der Waals surface area (Å²) in [7, 11) is 3.65. The van der Waals surface area contributed by atoms with E-state index in [0.29, 0.717) is 24.5 Å². The Morgan fingerprint density at radius 3 is 2.60 bits per heavy atom. The SMILES string of the molecule is CCOC12CC(OC)C3CC(C1C3O)C13C(OC)CCC4(COC(=O)c5ccccc5NC(C)=O)CN(CC)C1C2CC43. The first-order valence-corrected chi connectivity index (χ1v) is 16.4. The monoisotopic (exact) mass is 596 g/mol. The molecule has 12 atom stereocenters. The predicted octanol–water partition coefficient (Wildman–Crippen LogP) is 3.74. The molecule has 1 aromatic carbocycles. The standard InChI is InChI=1S/C34H48N2O7/c1-6-36-17-32(18-42-31(39)20-10-8-9-11-24(20)35-19(3)37)13-12-27(41-5)34-22-14-21-25(40-4)16-33(43-7-2,28(22)29(21)38)23(30(34)36)15-26(32)34/h8-11,21-23,25-30,38H,6-7,12-18H2,1-5H3,(H,35,37). The van der Waals surface area contributed by atoms with Crippen molar-refractivity contribution >= 4 is 17.6 Å². The van der Waals surface area contributed by atoms with Gasteiger partial charge in [0.05, 0.1) is 41.8 Å². The number of hydrogen-bond acceptors (Lipinski definition) is 8. The molecule has 6 fully saturated rings. The fraction of sp³-hybridized carbons (Fsp3) is 0.765. The van der Waals surface area contributed by atoms with Crippen molar-refractivity contribution in [3.8, 4) is 0 Å². The summed E-state index contributed by atoms with van der Waals surface area (Å²) in [5.74, 6) is 0.268. The smallest absolute Gasteiger partial charge is 0.340 e. The van der Waals surface area contributed by atoms with E-state index >= 15 is 0 Å². The number of amides is 1. The van der Waals surface area contributed by atoms with E-state index in [4.69, 9.17) is 18.9 Å². The average Bonchev–Trinajstić information content (AvgIpc) is 3.41. The van der Waals surface area contributed by atoms with Crippen LogP contribution in [0.15, 0.2) is 24.3 Å². The second kappa shape index (κ2) is 10.5. The first kappa shape index (κ1) is 29.7. The maximum absolute atomic E-state index is 13.6. The van der Waals surface area contributed by atoms with Gasteiger partial charge in [0.25, 0.3) is 0 Å². The van der Waals surface area contributed by atoms with E-state index < -0.39 is 17.7 Å². The third-order valence-electron chi connectivity index (χ3n) is 13.1. The molecule has 9 heteroatoms. The number of methoxy groups -OCH3 is 2. The summed E-state index contributed by atoms with van der Waals surface area (Å²) < 4.78 is 25.8. The lowest BCUT2D eigenvalue weighted by atomic mass is 9.43. The molecule has 9 nitrogen and oxygen atoms in total. The van der Waals surface area contributed by atoms with Crippen LogP contribution in [0.5, 0.6) is 0 Å². The molecule has 0 radical (unpaired) electrons. The first-order chi connectivity index (χ1) is 20.7. The van der Waals surface area contributed by atoms with Crippen LogP contribution in [0.4, 0.5) is 5.69 Å². The summed E-state index contributed by atoms with van der Waals surface area (Å²) in [5, 5.41) is 14.7. The van der Waals surface area contributed by atoms with Crippen LogP contribution < -0.4 is 5.32 Å². The van der Waals surface area contributed by atoms with Gasteiger partial charge in [-0.05, 0) is 63.1 Å². The molecule has 2 N–H and O–H groups in total. The molecule has 12 unspecified atom stereocenters. The van der Waals surface area contributed by atoms with Gasteiger partial charge >= 0.3 is 5.97 Å². The minimum atomic E-state index is -0.458. The van der Waals surface area contributed by atoms with E-state index in [1.165, 1.54) is 6.92 Å². The van der Waals surface area contributed by atoms with Gasteiger partial charge in [0.15, 0.2) is 0 Å². The van der Waals surface area contributed by atoms with Crippen molar-refractivity contribution in [3.05, 3.63) is 29.8 Å². The molecule has 1 saturated heterocycles. The van der Waals surface area contributed by atoms with Crippen LogP contribution in [0.2, 0.25) is 0 Å². The van der Waals surface area contributed by atoms with Gasteiger partial charge in [-0.3, -0.25) is 9.69 Å². The zero-order valence-corrected chi connectivity index (χ0v) is 26.2. The highest BCUT2D eigenvalue weighted by atomic mass is 16.5. The van der Waals surface area contributed by atoms with Crippen LogP contribution in [0.1, 0.15) is 63.2 Å².